The zero-order valence-corrected chi connectivity index (χ0v) is 10.7. The molecule has 2 heterocycles. The van der Waals surface area contributed by atoms with Gasteiger partial charge in [0.15, 0.2) is 0 Å². The first-order valence-corrected chi connectivity index (χ1v) is 6.51. The van der Waals surface area contributed by atoms with Crippen LogP contribution in [-0.2, 0) is 0 Å². The molecule has 0 saturated carbocycles. The van der Waals surface area contributed by atoms with E-state index in [-0.39, 0.29) is 0 Å². The van der Waals surface area contributed by atoms with Gasteiger partial charge in [0.05, 0.1) is 23.5 Å². The minimum Gasteiger partial charge on any atom is -0.334 e. The van der Waals surface area contributed by atoms with Crippen molar-refractivity contribution in [2.45, 2.75) is 18.9 Å². The molecule has 1 aromatic heterocycles. The Balaban J connectivity index is 1.90. The van der Waals surface area contributed by atoms with Crippen LogP contribution in [0.1, 0.15) is 24.4 Å². The van der Waals surface area contributed by atoms with E-state index in [1.165, 1.54) is 12.0 Å². The van der Waals surface area contributed by atoms with Crippen molar-refractivity contribution in [2.24, 2.45) is 0 Å². The molecule has 1 unspecified atom stereocenters. The van der Waals surface area contributed by atoms with Gasteiger partial charge in [-0.3, -0.25) is 0 Å². The van der Waals surface area contributed by atoms with Gasteiger partial charge < -0.3 is 4.90 Å². The molecule has 1 aliphatic heterocycles. The van der Waals surface area contributed by atoms with E-state index in [4.69, 9.17) is 11.6 Å². The van der Waals surface area contributed by atoms with Gasteiger partial charge in [0.2, 0.25) is 5.95 Å². The van der Waals surface area contributed by atoms with Gasteiger partial charge in [0, 0.05) is 6.54 Å². The summed E-state index contributed by atoms with van der Waals surface area (Å²) in [6.45, 7) is 1.00. The number of nitrogens with zero attached hydrogens (tertiary/aromatic N) is 3. The second-order valence-corrected chi connectivity index (χ2v) is 4.90. The molecule has 92 valence electrons. The Morgan fingerprint density at radius 3 is 2.56 bits per heavy atom. The summed E-state index contributed by atoms with van der Waals surface area (Å²) in [6, 6.07) is 10.9. The van der Waals surface area contributed by atoms with Gasteiger partial charge in [-0.15, -0.1) is 0 Å². The predicted molar refractivity (Wildman–Crippen MR) is 72.8 cm³/mol. The molecular weight excluding hydrogens is 246 g/mol. The topological polar surface area (TPSA) is 29.0 Å². The molecule has 1 saturated heterocycles. The molecule has 1 aromatic carbocycles. The highest BCUT2D eigenvalue weighted by Gasteiger charge is 2.27. The Kier molecular flexibility index (Phi) is 3.15. The fourth-order valence-corrected chi connectivity index (χ4v) is 2.58. The monoisotopic (exact) mass is 259 g/mol. The van der Waals surface area contributed by atoms with E-state index in [2.05, 4.69) is 39.1 Å². The minimum atomic E-state index is 0.382. The Morgan fingerprint density at radius 1 is 1.11 bits per heavy atom. The van der Waals surface area contributed by atoms with E-state index in [1.807, 2.05) is 6.07 Å². The Bertz CT molecular complexity index is 512. The minimum absolute atomic E-state index is 0.382. The van der Waals surface area contributed by atoms with Gasteiger partial charge in [-0.2, -0.15) is 0 Å². The molecule has 1 aliphatic rings. The quantitative estimate of drug-likeness (QED) is 0.827. The van der Waals surface area contributed by atoms with Gasteiger partial charge in [-0.05, 0) is 18.4 Å². The molecule has 0 spiro atoms. The number of rotatable bonds is 2. The van der Waals surface area contributed by atoms with Crippen LogP contribution in [-0.4, -0.2) is 16.5 Å². The van der Waals surface area contributed by atoms with Crippen LogP contribution in [0.3, 0.4) is 0 Å². The lowest BCUT2D eigenvalue weighted by Crippen LogP contribution is -2.24. The van der Waals surface area contributed by atoms with Crippen LogP contribution >= 0.6 is 11.6 Å². The van der Waals surface area contributed by atoms with Crippen molar-refractivity contribution in [3.8, 4) is 0 Å². The highest BCUT2D eigenvalue weighted by molar-refractivity contribution is 6.30. The maximum absolute atomic E-state index is 5.83. The largest absolute Gasteiger partial charge is 0.334 e. The fourth-order valence-electron chi connectivity index (χ4n) is 2.48. The molecule has 3 nitrogen and oxygen atoms in total. The Labute approximate surface area is 111 Å². The van der Waals surface area contributed by atoms with E-state index in [0.717, 1.165) is 18.9 Å². The molecule has 1 fully saturated rings. The van der Waals surface area contributed by atoms with Crippen molar-refractivity contribution in [1.82, 2.24) is 9.97 Å². The first-order chi connectivity index (χ1) is 8.84. The van der Waals surface area contributed by atoms with Crippen LogP contribution in [0.2, 0.25) is 5.02 Å². The summed E-state index contributed by atoms with van der Waals surface area (Å²) in [6.07, 6.45) is 5.63. The van der Waals surface area contributed by atoms with E-state index in [0.29, 0.717) is 11.1 Å². The number of halogens is 1. The molecule has 1 atom stereocenters. The second kappa shape index (κ2) is 4.94. The standard InChI is InChI=1S/C14H14ClN3/c15-12-9-16-14(17-10-12)18-8-4-7-13(18)11-5-2-1-3-6-11/h1-3,5-6,9-10,13H,4,7-8H2. The van der Waals surface area contributed by atoms with E-state index >= 15 is 0 Å². The average Bonchev–Trinajstić information content (AvgIpc) is 2.90. The summed E-state index contributed by atoms with van der Waals surface area (Å²) in [7, 11) is 0. The lowest BCUT2D eigenvalue weighted by Gasteiger charge is -2.24. The smallest absolute Gasteiger partial charge is 0.225 e. The van der Waals surface area contributed by atoms with Crippen molar-refractivity contribution in [3.05, 3.63) is 53.3 Å². The van der Waals surface area contributed by atoms with Crippen molar-refractivity contribution >= 4 is 17.5 Å². The maximum Gasteiger partial charge on any atom is 0.225 e. The normalized spacial score (nSPS) is 19.2. The van der Waals surface area contributed by atoms with Crippen molar-refractivity contribution < 1.29 is 0 Å². The van der Waals surface area contributed by atoms with Crippen LogP contribution in [0.25, 0.3) is 0 Å². The van der Waals surface area contributed by atoms with E-state index in [1.54, 1.807) is 12.4 Å². The van der Waals surface area contributed by atoms with Crippen molar-refractivity contribution in [3.63, 3.8) is 0 Å². The molecule has 0 amide bonds. The third kappa shape index (κ3) is 2.18. The number of anilines is 1. The molecule has 2 aromatic rings. The number of hydrogen-bond acceptors (Lipinski definition) is 3. The second-order valence-electron chi connectivity index (χ2n) is 4.46. The van der Waals surface area contributed by atoms with Crippen LogP contribution < -0.4 is 4.90 Å². The third-order valence-electron chi connectivity index (χ3n) is 3.30. The van der Waals surface area contributed by atoms with Crippen molar-refractivity contribution in [2.75, 3.05) is 11.4 Å². The molecule has 4 heteroatoms. The van der Waals surface area contributed by atoms with Gasteiger partial charge in [-0.25, -0.2) is 9.97 Å². The Hall–Kier alpha value is -1.61. The maximum atomic E-state index is 5.83. The summed E-state index contributed by atoms with van der Waals surface area (Å²) in [4.78, 5) is 10.9. The van der Waals surface area contributed by atoms with Gasteiger partial charge in [0.25, 0.3) is 0 Å². The molecule has 0 aliphatic carbocycles. The lowest BCUT2D eigenvalue weighted by molar-refractivity contribution is 0.702. The van der Waals surface area contributed by atoms with Crippen LogP contribution in [0.5, 0.6) is 0 Å². The summed E-state index contributed by atoms with van der Waals surface area (Å²) in [5.41, 5.74) is 1.33. The molecular formula is C14H14ClN3. The lowest BCUT2D eigenvalue weighted by atomic mass is 10.1. The number of aromatic nitrogens is 2. The first kappa shape index (κ1) is 11.5. The SMILES string of the molecule is Clc1cnc(N2CCCC2c2ccccc2)nc1. The zero-order valence-electron chi connectivity index (χ0n) is 9.96. The van der Waals surface area contributed by atoms with Gasteiger partial charge in [-0.1, -0.05) is 41.9 Å². The first-order valence-electron chi connectivity index (χ1n) is 6.14. The molecule has 0 N–H and O–H groups in total. The molecule has 0 radical (unpaired) electrons. The van der Waals surface area contributed by atoms with Crippen LogP contribution in [0, 0.1) is 0 Å². The summed E-state index contributed by atoms with van der Waals surface area (Å²) in [5, 5.41) is 0.578. The van der Waals surface area contributed by atoms with Gasteiger partial charge >= 0.3 is 0 Å². The Morgan fingerprint density at radius 2 is 1.83 bits per heavy atom. The van der Waals surface area contributed by atoms with Crippen LogP contribution in [0.15, 0.2) is 42.7 Å². The summed E-state index contributed by atoms with van der Waals surface area (Å²) in [5.74, 6) is 0.769. The fraction of sp³-hybridized carbons (Fsp3) is 0.286. The number of benzene rings is 1. The third-order valence-corrected chi connectivity index (χ3v) is 3.50. The van der Waals surface area contributed by atoms with Crippen molar-refractivity contribution in [1.29, 1.82) is 0 Å². The molecule has 0 bridgehead atoms. The molecule has 3 rings (SSSR count). The predicted octanol–water partition coefficient (Wildman–Crippen LogP) is 3.47. The average molecular weight is 260 g/mol. The van der Waals surface area contributed by atoms with E-state index in [9.17, 15) is 0 Å². The molecule has 18 heavy (non-hydrogen) atoms. The summed E-state index contributed by atoms with van der Waals surface area (Å²) >= 11 is 5.83. The van der Waals surface area contributed by atoms with Gasteiger partial charge in [0.1, 0.15) is 0 Å². The van der Waals surface area contributed by atoms with E-state index < -0.39 is 0 Å². The highest BCUT2D eigenvalue weighted by Crippen LogP contribution is 2.34. The number of hydrogen-bond donors (Lipinski definition) is 0. The highest BCUT2D eigenvalue weighted by atomic mass is 35.5. The summed E-state index contributed by atoms with van der Waals surface area (Å²) < 4.78 is 0. The van der Waals surface area contributed by atoms with Crippen LogP contribution in [0.4, 0.5) is 5.95 Å². The zero-order chi connectivity index (χ0) is 12.4.